The Bertz CT molecular complexity index is 542. The molecule has 3 rings (SSSR count). The summed E-state index contributed by atoms with van der Waals surface area (Å²) in [5.74, 6) is 0. The molecule has 2 N–H and O–H groups in total. The SMILES string of the molecule is CCn1nccc1S(=O)(=O)NC1CC2CCC(C1)N2. The van der Waals surface area contributed by atoms with Gasteiger partial charge in [0.25, 0.3) is 10.0 Å². The molecule has 6 nitrogen and oxygen atoms in total. The predicted molar refractivity (Wildman–Crippen MR) is 71.2 cm³/mol. The van der Waals surface area contributed by atoms with Gasteiger partial charge in [0.05, 0.1) is 6.20 Å². The average Bonchev–Trinajstić information content (AvgIpc) is 2.95. The van der Waals surface area contributed by atoms with Crippen LogP contribution in [0.4, 0.5) is 0 Å². The van der Waals surface area contributed by atoms with Crippen LogP contribution in [0.5, 0.6) is 0 Å². The van der Waals surface area contributed by atoms with Crippen LogP contribution in [0.1, 0.15) is 32.6 Å². The van der Waals surface area contributed by atoms with Crippen molar-refractivity contribution in [1.82, 2.24) is 19.8 Å². The second-order valence-corrected chi connectivity index (χ2v) is 7.07. The quantitative estimate of drug-likeness (QED) is 0.842. The highest BCUT2D eigenvalue weighted by atomic mass is 32.2. The minimum absolute atomic E-state index is 0.0453. The fourth-order valence-corrected chi connectivity index (χ4v) is 4.67. The van der Waals surface area contributed by atoms with Crippen LogP contribution in [0.2, 0.25) is 0 Å². The van der Waals surface area contributed by atoms with Gasteiger partial charge in [-0.25, -0.2) is 13.1 Å². The van der Waals surface area contributed by atoms with E-state index >= 15 is 0 Å². The molecule has 0 aliphatic carbocycles. The van der Waals surface area contributed by atoms with Crippen molar-refractivity contribution in [1.29, 1.82) is 0 Å². The van der Waals surface area contributed by atoms with Gasteiger partial charge in [-0.2, -0.15) is 5.10 Å². The topological polar surface area (TPSA) is 76.0 Å². The minimum atomic E-state index is -3.46. The van der Waals surface area contributed by atoms with Gasteiger partial charge in [-0.1, -0.05) is 0 Å². The van der Waals surface area contributed by atoms with E-state index in [4.69, 9.17) is 0 Å². The summed E-state index contributed by atoms with van der Waals surface area (Å²) in [6.45, 7) is 2.44. The molecule has 2 atom stereocenters. The van der Waals surface area contributed by atoms with Gasteiger partial charge >= 0.3 is 0 Å². The lowest BCUT2D eigenvalue weighted by molar-refractivity contribution is 0.344. The number of fused-ring (bicyclic) bond motifs is 2. The lowest BCUT2D eigenvalue weighted by Crippen LogP contribution is -2.48. The number of nitrogens with zero attached hydrogens (tertiary/aromatic N) is 2. The molecule has 2 saturated heterocycles. The van der Waals surface area contributed by atoms with E-state index in [1.807, 2.05) is 6.92 Å². The van der Waals surface area contributed by atoms with Crippen LogP contribution >= 0.6 is 0 Å². The Morgan fingerprint density at radius 1 is 1.42 bits per heavy atom. The monoisotopic (exact) mass is 284 g/mol. The third kappa shape index (κ3) is 2.54. The normalized spacial score (nSPS) is 30.7. The molecule has 0 amide bonds. The molecule has 0 aromatic carbocycles. The first kappa shape index (κ1) is 13.1. The number of nitrogens with one attached hydrogen (secondary N) is 2. The minimum Gasteiger partial charge on any atom is -0.311 e. The standard InChI is InChI=1S/C12H20N4O2S/c1-2-16-12(5-6-13-16)19(17,18)15-11-7-9-3-4-10(8-11)14-9/h5-6,9-11,14-15H,2-4,7-8H2,1H3. The van der Waals surface area contributed by atoms with Crippen molar-refractivity contribution in [2.75, 3.05) is 0 Å². The molecular weight excluding hydrogens is 264 g/mol. The van der Waals surface area contributed by atoms with Crippen molar-refractivity contribution >= 4 is 10.0 Å². The van der Waals surface area contributed by atoms with Gasteiger partial charge in [0.1, 0.15) is 0 Å². The zero-order valence-corrected chi connectivity index (χ0v) is 11.9. The van der Waals surface area contributed by atoms with Gasteiger partial charge in [0.2, 0.25) is 0 Å². The van der Waals surface area contributed by atoms with Crippen LogP contribution in [0, 0.1) is 0 Å². The molecule has 1 aromatic rings. The summed E-state index contributed by atoms with van der Waals surface area (Å²) in [6.07, 6.45) is 5.63. The molecule has 0 saturated carbocycles. The number of hydrogen-bond acceptors (Lipinski definition) is 4. The highest BCUT2D eigenvalue weighted by molar-refractivity contribution is 7.89. The first-order valence-electron chi connectivity index (χ1n) is 6.88. The first-order valence-corrected chi connectivity index (χ1v) is 8.37. The van der Waals surface area contributed by atoms with E-state index in [1.165, 1.54) is 10.9 Å². The second-order valence-electron chi connectivity index (χ2n) is 5.41. The largest absolute Gasteiger partial charge is 0.311 e. The third-order valence-corrected chi connectivity index (χ3v) is 5.59. The van der Waals surface area contributed by atoms with Gasteiger partial charge in [-0.05, 0) is 38.7 Å². The van der Waals surface area contributed by atoms with Crippen molar-refractivity contribution < 1.29 is 8.42 Å². The Balaban J connectivity index is 1.75. The summed E-state index contributed by atoms with van der Waals surface area (Å²) in [6, 6.07) is 2.55. The van der Waals surface area contributed by atoms with Gasteiger partial charge in [-0.15, -0.1) is 0 Å². The Hall–Kier alpha value is -0.920. The summed E-state index contributed by atoms with van der Waals surface area (Å²) >= 11 is 0. The molecule has 0 radical (unpaired) electrons. The van der Waals surface area contributed by atoms with E-state index in [-0.39, 0.29) is 11.1 Å². The smallest absolute Gasteiger partial charge is 0.257 e. The van der Waals surface area contributed by atoms with Crippen LogP contribution in [0.15, 0.2) is 17.3 Å². The molecule has 2 aliphatic rings. The highest BCUT2D eigenvalue weighted by Crippen LogP contribution is 2.27. The number of piperidine rings is 1. The molecule has 2 aliphatic heterocycles. The van der Waals surface area contributed by atoms with E-state index in [0.717, 1.165) is 25.7 Å². The van der Waals surface area contributed by atoms with E-state index in [9.17, 15) is 8.42 Å². The number of sulfonamides is 1. The van der Waals surface area contributed by atoms with Gasteiger partial charge in [0.15, 0.2) is 5.03 Å². The Kier molecular flexibility index (Phi) is 3.36. The molecule has 106 valence electrons. The number of rotatable bonds is 4. The van der Waals surface area contributed by atoms with Crippen molar-refractivity contribution in [2.24, 2.45) is 0 Å². The highest BCUT2D eigenvalue weighted by Gasteiger charge is 2.35. The molecular formula is C12H20N4O2S. The van der Waals surface area contributed by atoms with Crippen molar-refractivity contribution in [3.05, 3.63) is 12.3 Å². The maximum absolute atomic E-state index is 12.4. The van der Waals surface area contributed by atoms with Gasteiger partial charge in [-0.3, -0.25) is 4.68 Å². The fraction of sp³-hybridized carbons (Fsp3) is 0.750. The number of aromatic nitrogens is 2. The average molecular weight is 284 g/mol. The summed E-state index contributed by atoms with van der Waals surface area (Å²) in [5, 5.41) is 7.80. The summed E-state index contributed by atoms with van der Waals surface area (Å²) < 4.78 is 29.1. The Morgan fingerprint density at radius 3 is 2.74 bits per heavy atom. The van der Waals surface area contributed by atoms with E-state index in [0.29, 0.717) is 18.6 Å². The summed E-state index contributed by atoms with van der Waals surface area (Å²) in [4.78, 5) is 0. The molecule has 2 bridgehead atoms. The van der Waals surface area contributed by atoms with E-state index in [1.54, 1.807) is 6.07 Å². The third-order valence-electron chi connectivity index (χ3n) is 4.05. The molecule has 0 spiro atoms. The number of aryl methyl sites for hydroxylation is 1. The molecule has 3 heterocycles. The maximum Gasteiger partial charge on any atom is 0.257 e. The van der Waals surface area contributed by atoms with Crippen LogP contribution in [0.25, 0.3) is 0 Å². The Morgan fingerprint density at radius 2 is 2.11 bits per heavy atom. The predicted octanol–water partition coefficient (Wildman–Crippen LogP) is 0.464. The zero-order chi connectivity index (χ0) is 13.5. The van der Waals surface area contributed by atoms with Crippen LogP contribution < -0.4 is 10.0 Å². The van der Waals surface area contributed by atoms with Crippen molar-refractivity contribution in [3.63, 3.8) is 0 Å². The molecule has 2 fully saturated rings. The lowest BCUT2D eigenvalue weighted by atomic mass is 10.0. The molecule has 1 aromatic heterocycles. The lowest BCUT2D eigenvalue weighted by Gasteiger charge is -2.29. The first-order chi connectivity index (χ1) is 9.08. The summed E-state index contributed by atoms with van der Waals surface area (Å²) in [5.41, 5.74) is 0. The zero-order valence-electron chi connectivity index (χ0n) is 11.0. The molecule has 19 heavy (non-hydrogen) atoms. The Labute approximate surface area is 113 Å². The summed E-state index contributed by atoms with van der Waals surface area (Å²) in [7, 11) is -3.46. The number of hydrogen-bond donors (Lipinski definition) is 2. The van der Waals surface area contributed by atoms with E-state index in [2.05, 4.69) is 15.1 Å². The molecule has 2 unspecified atom stereocenters. The van der Waals surface area contributed by atoms with E-state index < -0.39 is 10.0 Å². The van der Waals surface area contributed by atoms with Crippen LogP contribution in [-0.4, -0.2) is 36.3 Å². The van der Waals surface area contributed by atoms with Crippen LogP contribution in [-0.2, 0) is 16.6 Å². The second kappa shape index (κ2) is 4.88. The molecule has 7 heteroatoms. The van der Waals surface area contributed by atoms with Gasteiger partial charge < -0.3 is 5.32 Å². The van der Waals surface area contributed by atoms with Crippen molar-refractivity contribution in [2.45, 2.75) is 62.3 Å². The van der Waals surface area contributed by atoms with Crippen molar-refractivity contribution in [3.8, 4) is 0 Å². The van der Waals surface area contributed by atoms with Crippen LogP contribution in [0.3, 0.4) is 0 Å². The van der Waals surface area contributed by atoms with Gasteiger partial charge in [0, 0.05) is 24.7 Å². The fourth-order valence-electron chi connectivity index (χ4n) is 3.22. The maximum atomic E-state index is 12.4.